The zero-order valence-corrected chi connectivity index (χ0v) is 22.0. The number of ether oxygens (including phenoxy) is 4. The second-order valence-electron chi connectivity index (χ2n) is 5.76. The lowest BCUT2D eigenvalue weighted by Crippen LogP contribution is -2.53. The number of morpholine rings is 1. The maximum atomic E-state index is 12.8. The smallest absolute Gasteiger partial charge is 0.340 e. The average molecular weight is 743 g/mol. The van der Waals surface area contributed by atoms with E-state index in [4.69, 9.17) is 18.9 Å². The summed E-state index contributed by atoms with van der Waals surface area (Å²) in [5.74, 6) is -2.20. The van der Waals surface area contributed by atoms with Crippen LogP contribution in [0.25, 0.3) is 0 Å². The molecule has 0 aromatic heterocycles. The van der Waals surface area contributed by atoms with E-state index in [9.17, 15) is 19.2 Å². The highest BCUT2D eigenvalue weighted by Crippen LogP contribution is 2.40. The maximum Gasteiger partial charge on any atom is 0.340 e. The maximum absolute atomic E-state index is 12.8. The van der Waals surface area contributed by atoms with Gasteiger partial charge in [0.15, 0.2) is 0 Å². The highest BCUT2D eigenvalue weighted by atomic mass is 127. The molecule has 0 aliphatic carbocycles. The van der Waals surface area contributed by atoms with Crippen LogP contribution in [-0.4, -0.2) is 63.9 Å². The average Bonchev–Trinajstić information content (AvgIpc) is 2.67. The molecule has 1 aromatic carbocycles. The predicted molar refractivity (Wildman–Crippen MR) is 126 cm³/mol. The molecule has 0 bridgehead atoms. The summed E-state index contributed by atoms with van der Waals surface area (Å²) < 4.78 is 21.4. The van der Waals surface area contributed by atoms with Crippen LogP contribution in [0.15, 0.2) is 0 Å². The van der Waals surface area contributed by atoms with Crippen molar-refractivity contribution in [3.8, 4) is 0 Å². The molecule has 1 unspecified atom stereocenters. The molecule has 1 amide bonds. The number of rotatable bonds is 5. The van der Waals surface area contributed by atoms with E-state index in [1.165, 1.54) is 26.0 Å². The normalized spacial score (nSPS) is 16.4. The lowest BCUT2D eigenvalue weighted by Gasteiger charge is -2.37. The number of anilines is 1. The molecule has 1 atom stereocenters. The molecule has 0 spiro atoms. The van der Waals surface area contributed by atoms with Crippen LogP contribution in [-0.2, 0) is 28.5 Å². The van der Waals surface area contributed by atoms with E-state index in [2.05, 4.69) is 0 Å². The van der Waals surface area contributed by atoms with Crippen LogP contribution in [0.3, 0.4) is 0 Å². The van der Waals surface area contributed by atoms with Crippen molar-refractivity contribution in [2.24, 2.45) is 0 Å². The van der Waals surface area contributed by atoms with E-state index in [1.54, 1.807) is 0 Å². The fourth-order valence-corrected chi connectivity index (χ4v) is 7.27. The number of esters is 3. The second kappa shape index (κ2) is 10.5. The van der Waals surface area contributed by atoms with Crippen molar-refractivity contribution in [1.29, 1.82) is 0 Å². The molecule has 0 N–H and O–H groups in total. The Balaban J connectivity index is 2.77. The Morgan fingerprint density at radius 3 is 2.00 bits per heavy atom. The van der Waals surface area contributed by atoms with Gasteiger partial charge >= 0.3 is 17.9 Å². The van der Waals surface area contributed by atoms with E-state index in [1.807, 2.05) is 67.8 Å². The molecule has 1 aromatic rings. The molecule has 2 rings (SSSR count). The monoisotopic (exact) mass is 743 g/mol. The van der Waals surface area contributed by atoms with Gasteiger partial charge in [0.2, 0.25) is 0 Å². The molecule has 158 valence electrons. The van der Waals surface area contributed by atoms with Crippen LogP contribution in [0.1, 0.15) is 27.6 Å². The molecule has 29 heavy (non-hydrogen) atoms. The quantitative estimate of drug-likeness (QED) is 0.257. The predicted octanol–water partition coefficient (Wildman–Crippen LogP) is 2.37. The standard InChI is InChI=1S/C17H16I3NO8/c1-7(22)29-5-8-4-28-6-9(23)21(8)15-13(19)10(16(24)26-2)12(18)11(14(15)20)17(25)27-3/h8H,4-6H2,1-3H3. The third kappa shape index (κ3) is 5.12. The van der Waals surface area contributed by atoms with Gasteiger partial charge in [-0.15, -0.1) is 0 Å². The van der Waals surface area contributed by atoms with E-state index in [0.717, 1.165) is 0 Å². The Morgan fingerprint density at radius 1 is 1.03 bits per heavy atom. The molecular weight excluding hydrogens is 727 g/mol. The van der Waals surface area contributed by atoms with Gasteiger partial charge in [-0.3, -0.25) is 14.5 Å². The third-order valence-corrected chi connectivity index (χ3v) is 7.14. The van der Waals surface area contributed by atoms with Gasteiger partial charge in [-0.25, -0.2) is 9.59 Å². The van der Waals surface area contributed by atoms with Crippen molar-refractivity contribution in [2.75, 3.05) is 38.9 Å². The molecule has 1 saturated heterocycles. The van der Waals surface area contributed by atoms with Crippen LogP contribution in [0, 0.1) is 10.7 Å². The number of benzene rings is 1. The van der Waals surface area contributed by atoms with Crippen molar-refractivity contribution in [2.45, 2.75) is 13.0 Å². The van der Waals surface area contributed by atoms with Gasteiger partial charge in [0.05, 0.1) is 50.8 Å². The minimum atomic E-state index is -0.654. The SMILES string of the molecule is COC(=O)c1c(I)c(C(=O)OC)c(I)c(N2C(=O)COCC2COC(C)=O)c1I. The number of amides is 1. The Kier molecular flexibility index (Phi) is 8.89. The van der Waals surface area contributed by atoms with Crippen molar-refractivity contribution in [3.05, 3.63) is 21.8 Å². The highest BCUT2D eigenvalue weighted by molar-refractivity contribution is 14.1. The number of hydrogen-bond acceptors (Lipinski definition) is 8. The van der Waals surface area contributed by atoms with Gasteiger partial charge in [0.1, 0.15) is 13.2 Å². The van der Waals surface area contributed by atoms with Crippen LogP contribution in [0.5, 0.6) is 0 Å². The lowest BCUT2D eigenvalue weighted by atomic mass is 10.1. The summed E-state index contributed by atoms with van der Waals surface area (Å²) in [5, 5.41) is 0. The van der Waals surface area contributed by atoms with Crippen LogP contribution in [0.2, 0.25) is 0 Å². The molecule has 12 heteroatoms. The van der Waals surface area contributed by atoms with Gasteiger partial charge in [0.25, 0.3) is 5.91 Å². The molecular formula is C17H16I3NO8. The van der Waals surface area contributed by atoms with Gasteiger partial charge in [-0.1, -0.05) is 0 Å². The first kappa shape index (κ1) is 24.5. The number of nitrogens with zero attached hydrogens (tertiary/aromatic N) is 1. The van der Waals surface area contributed by atoms with Crippen molar-refractivity contribution < 1.29 is 38.1 Å². The molecule has 0 saturated carbocycles. The molecule has 9 nitrogen and oxygen atoms in total. The summed E-state index contributed by atoms with van der Waals surface area (Å²) in [7, 11) is 2.46. The van der Waals surface area contributed by atoms with E-state index >= 15 is 0 Å². The number of halogens is 3. The van der Waals surface area contributed by atoms with E-state index < -0.39 is 29.9 Å². The summed E-state index contributed by atoms with van der Waals surface area (Å²) in [4.78, 5) is 50.3. The van der Waals surface area contributed by atoms with Crippen molar-refractivity contribution >= 4 is 97.3 Å². The van der Waals surface area contributed by atoms with E-state index in [-0.39, 0.29) is 30.9 Å². The summed E-state index contributed by atoms with van der Waals surface area (Å²) >= 11 is 5.77. The first-order valence-corrected chi connectivity index (χ1v) is 11.3. The van der Waals surface area contributed by atoms with Gasteiger partial charge in [0, 0.05) is 10.5 Å². The molecule has 1 heterocycles. The Bertz CT molecular complexity index is 830. The summed E-state index contributed by atoms with van der Waals surface area (Å²) in [5.41, 5.74) is 0.642. The zero-order valence-electron chi connectivity index (χ0n) is 15.5. The Morgan fingerprint density at radius 2 is 1.55 bits per heavy atom. The topological polar surface area (TPSA) is 108 Å². The minimum Gasteiger partial charge on any atom is -0.465 e. The van der Waals surface area contributed by atoms with Crippen LogP contribution < -0.4 is 4.90 Å². The van der Waals surface area contributed by atoms with Crippen molar-refractivity contribution in [1.82, 2.24) is 0 Å². The van der Waals surface area contributed by atoms with Gasteiger partial charge in [-0.2, -0.15) is 0 Å². The number of methoxy groups -OCH3 is 2. The van der Waals surface area contributed by atoms with Gasteiger partial charge in [-0.05, 0) is 67.8 Å². The molecule has 0 radical (unpaired) electrons. The molecule has 1 aliphatic heterocycles. The summed E-state index contributed by atoms with van der Waals surface area (Å²) in [6, 6.07) is -0.627. The fraction of sp³-hybridized carbons (Fsp3) is 0.412. The first-order chi connectivity index (χ1) is 13.6. The lowest BCUT2D eigenvalue weighted by molar-refractivity contribution is -0.144. The number of carbonyl (C=O) groups excluding carboxylic acids is 4. The number of hydrogen-bond donors (Lipinski definition) is 0. The zero-order chi connectivity index (χ0) is 21.9. The molecule has 1 aliphatic rings. The van der Waals surface area contributed by atoms with Crippen molar-refractivity contribution in [3.63, 3.8) is 0 Å². The highest BCUT2D eigenvalue weighted by Gasteiger charge is 2.38. The van der Waals surface area contributed by atoms with Crippen LogP contribution in [0.4, 0.5) is 5.69 Å². The second-order valence-corrected chi connectivity index (χ2v) is 9.00. The Hall–Kier alpha value is -0.750. The first-order valence-electron chi connectivity index (χ1n) is 8.05. The fourth-order valence-electron chi connectivity index (χ4n) is 2.70. The largest absolute Gasteiger partial charge is 0.465 e. The summed E-state index contributed by atoms with van der Waals surface area (Å²) in [6.45, 7) is 1.10. The van der Waals surface area contributed by atoms with Crippen LogP contribution >= 0.6 is 67.8 Å². The molecule has 1 fully saturated rings. The third-order valence-electron chi connectivity index (χ3n) is 3.96. The van der Waals surface area contributed by atoms with Gasteiger partial charge < -0.3 is 18.9 Å². The minimum absolute atomic E-state index is 0.0969. The number of carbonyl (C=O) groups is 4. The Labute approximate surface area is 207 Å². The summed E-state index contributed by atoms with van der Waals surface area (Å²) in [6.07, 6.45) is 0. The van der Waals surface area contributed by atoms with E-state index in [0.29, 0.717) is 16.4 Å².